The van der Waals surface area contributed by atoms with Crippen molar-refractivity contribution in [2.45, 2.75) is 25.9 Å². The van der Waals surface area contributed by atoms with E-state index in [1.165, 1.54) is 0 Å². The van der Waals surface area contributed by atoms with Gasteiger partial charge < -0.3 is 9.47 Å². The first-order chi connectivity index (χ1) is 7.72. The Bertz CT molecular complexity index is 314. The fraction of sp³-hybridized carbons (Fsp3) is 0.462. The quantitative estimate of drug-likeness (QED) is 0.676. The van der Waals surface area contributed by atoms with Crippen LogP contribution >= 0.6 is 0 Å². The van der Waals surface area contributed by atoms with Gasteiger partial charge in [-0.25, -0.2) is 0 Å². The third-order valence-corrected chi connectivity index (χ3v) is 2.30. The van der Waals surface area contributed by atoms with Gasteiger partial charge in [0.15, 0.2) is 0 Å². The molecule has 1 atom stereocenters. The third-order valence-electron chi connectivity index (χ3n) is 2.30. The maximum Gasteiger partial charge on any atom is 0.132 e. The second-order valence-electron chi connectivity index (χ2n) is 3.71. The fourth-order valence-corrected chi connectivity index (χ4v) is 1.45. The number of ether oxygens (including phenoxy) is 2. The van der Waals surface area contributed by atoms with Crippen molar-refractivity contribution in [1.82, 2.24) is 0 Å². The first kappa shape index (κ1) is 15.7. The molecule has 0 N–H and O–H groups in total. The molecule has 91 valence electrons. The molecule has 1 rings (SSSR count). The van der Waals surface area contributed by atoms with Crippen LogP contribution in [0.5, 0.6) is 5.75 Å². The van der Waals surface area contributed by atoms with E-state index in [1.807, 2.05) is 30.3 Å². The monoisotopic (exact) mass is 233 g/mol. The van der Waals surface area contributed by atoms with Crippen LogP contribution in [0.4, 0.5) is 0 Å². The number of carbonyl (C=O) groups is 1. The van der Waals surface area contributed by atoms with Crippen LogP contribution in [0.2, 0.25) is 0 Å². The predicted molar refractivity (Wildman–Crippen MR) is 68.4 cm³/mol. The second-order valence-corrected chi connectivity index (χ2v) is 3.71. The summed E-state index contributed by atoms with van der Waals surface area (Å²) in [5.41, 5.74) is 0. The minimum Gasteiger partial charge on any atom is -0.493 e. The number of rotatable bonds is 7. The minimum absolute atomic E-state index is 0. The zero-order chi connectivity index (χ0) is 11.8. The summed E-state index contributed by atoms with van der Waals surface area (Å²) in [6.45, 7) is 2.14. The molecule has 3 radical (unpaired) electrons. The molecule has 0 aliphatic carbocycles. The summed E-state index contributed by atoms with van der Waals surface area (Å²) in [6.07, 6.45) is 1.14. The first-order valence-corrected chi connectivity index (χ1v) is 5.42. The Labute approximate surface area is 105 Å². The smallest absolute Gasteiger partial charge is 0.132 e. The molecule has 3 nitrogen and oxygen atoms in total. The van der Waals surface area contributed by atoms with Gasteiger partial charge in [0.05, 0.1) is 12.7 Å². The largest absolute Gasteiger partial charge is 0.493 e. The average Bonchev–Trinajstić information content (AvgIpc) is 2.28. The summed E-state index contributed by atoms with van der Waals surface area (Å²) in [6, 6.07) is 9.62. The van der Waals surface area contributed by atoms with Gasteiger partial charge in [-0.1, -0.05) is 18.2 Å². The maximum absolute atomic E-state index is 10.9. The van der Waals surface area contributed by atoms with Crippen LogP contribution in [-0.4, -0.2) is 34.0 Å². The topological polar surface area (TPSA) is 35.5 Å². The number of hydrogen-bond donors (Lipinski definition) is 0. The molecule has 0 spiro atoms. The molecule has 0 aromatic heterocycles. The number of para-hydroxylation sites is 1. The molecule has 1 unspecified atom stereocenters. The van der Waals surface area contributed by atoms with Gasteiger partial charge in [0.2, 0.25) is 0 Å². The Morgan fingerprint density at radius 3 is 2.47 bits per heavy atom. The van der Waals surface area contributed by atoms with E-state index in [2.05, 4.69) is 0 Å². The molecular formula is C13H18BO3. The number of Topliss-reactive ketones (excluding diaryl/α,β-unsaturated/α-hetero) is 1. The highest BCUT2D eigenvalue weighted by Gasteiger charge is 2.10. The van der Waals surface area contributed by atoms with E-state index < -0.39 is 0 Å². The molecule has 0 amide bonds. The molecule has 0 fully saturated rings. The summed E-state index contributed by atoms with van der Waals surface area (Å²) in [5, 5.41) is 0. The lowest BCUT2D eigenvalue weighted by Crippen LogP contribution is -2.17. The van der Waals surface area contributed by atoms with E-state index in [4.69, 9.17) is 9.47 Å². The molecule has 0 aliphatic rings. The molecule has 0 bridgehead atoms. The van der Waals surface area contributed by atoms with Crippen molar-refractivity contribution in [3.8, 4) is 5.75 Å². The van der Waals surface area contributed by atoms with E-state index in [0.717, 1.165) is 12.2 Å². The highest BCUT2D eigenvalue weighted by molar-refractivity contribution is 5.76. The number of carbonyl (C=O) groups excluding carboxylic acids is 1. The van der Waals surface area contributed by atoms with E-state index in [1.54, 1.807) is 14.0 Å². The molecule has 4 heteroatoms. The summed E-state index contributed by atoms with van der Waals surface area (Å²) >= 11 is 0. The number of methoxy groups -OCH3 is 1. The van der Waals surface area contributed by atoms with Crippen LogP contribution in [0.3, 0.4) is 0 Å². The van der Waals surface area contributed by atoms with Gasteiger partial charge in [-0.15, -0.1) is 0 Å². The van der Waals surface area contributed by atoms with Crippen molar-refractivity contribution in [2.24, 2.45) is 0 Å². The van der Waals surface area contributed by atoms with Crippen LogP contribution in [0.1, 0.15) is 19.8 Å². The summed E-state index contributed by atoms with van der Waals surface area (Å²) in [4.78, 5) is 10.9. The van der Waals surface area contributed by atoms with Gasteiger partial charge in [-0.3, -0.25) is 4.79 Å². The Balaban J connectivity index is 0.00000256. The van der Waals surface area contributed by atoms with Crippen molar-refractivity contribution < 1.29 is 14.3 Å². The Morgan fingerprint density at radius 2 is 1.94 bits per heavy atom. The van der Waals surface area contributed by atoms with Crippen molar-refractivity contribution in [1.29, 1.82) is 0 Å². The molecule has 0 heterocycles. The summed E-state index contributed by atoms with van der Waals surface area (Å²) in [7, 11) is 1.62. The zero-order valence-electron chi connectivity index (χ0n) is 10.4. The number of ketones is 1. The lowest BCUT2D eigenvalue weighted by atomic mass is 10.1. The molecule has 0 saturated carbocycles. The van der Waals surface area contributed by atoms with E-state index in [-0.39, 0.29) is 20.3 Å². The Kier molecular flexibility index (Phi) is 8.15. The predicted octanol–water partition coefficient (Wildman–Crippen LogP) is 2.07. The van der Waals surface area contributed by atoms with Crippen molar-refractivity contribution in [3.63, 3.8) is 0 Å². The average molecular weight is 233 g/mol. The van der Waals surface area contributed by atoms with Crippen LogP contribution in [0.25, 0.3) is 0 Å². The fourth-order valence-electron chi connectivity index (χ4n) is 1.45. The van der Waals surface area contributed by atoms with Crippen LogP contribution in [0.15, 0.2) is 30.3 Å². The molecule has 0 saturated heterocycles. The molecule has 17 heavy (non-hydrogen) atoms. The lowest BCUT2D eigenvalue weighted by molar-refractivity contribution is -0.119. The molecule has 0 aliphatic heterocycles. The van der Waals surface area contributed by atoms with Crippen LogP contribution in [0, 0.1) is 0 Å². The van der Waals surface area contributed by atoms with Crippen molar-refractivity contribution >= 4 is 14.2 Å². The number of benzene rings is 1. The van der Waals surface area contributed by atoms with Crippen molar-refractivity contribution in [3.05, 3.63) is 30.3 Å². The van der Waals surface area contributed by atoms with Gasteiger partial charge in [-0.05, 0) is 19.1 Å². The van der Waals surface area contributed by atoms with Crippen LogP contribution in [-0.2, 0) is 9.53 Å². The van der Waals surface area contributed by atoms with Gasteiger partial charge in [0, 0.05) is 28.4 Å². The van der Waals surface area contributed by atoms with Crippen molar-refractivity contribution in [2.75, 3.05) is 13.7 Å². The Morgan fingerprint density at radius 1 is 1.29 bits per heavy atom. The molecular weight excluding hydrogens is 215 g/mol. The van der Waals surface area contributed by atoms with Gasteiger partial charge in [-0.2, -0.15) is 0 Å². The maximum atomic E-state index is 10.9. The van der Waals surface area contributed by atoms with E-state index >= 15 is 0 Å². The van der Waals surface area contributed by atoms with Gasteiger partial charge in [0.25, 0.3) is 0 Å². The third kappa shape index (κ3) is 6.79. The van der Waals surface area contributed by atoms with E-state index in [0.29, 0.717) is 13.0 Å². The lowest BCUT2D eigenvalue weighted by Gasteiger charge is -2.14. The summed E-state index contributed by atoms with van der Waals surface area (Å²) in [5.74, 6) is 0.992. The van der Waals surface area contributed by atoms with Gasteiger partial charge >= 0.3 is 0 Å². The Hall–Kier alpha value is -1.29. The highest BCUT2D eigenvalue weighted by atomic mass is 16.5. The first-order valence-electron chi connectivity index (χ1n) is 5.42. The SMILES string of the molecule is COC(CCOc1ccccc1)CC(C)=O.[B]. The van der Waals surface area contributed by atoms with Crippen LogP contribution < -0.4 is 4.74 Å². The summed E-state index contributed by atoms with van der Waals surface area (Å²) < 4.78 is 10.7. The molecule has 1 aromatic rings. The standard InChI is InChI=1S/C13H18O3.B/c1-11(14)10-13(15-2)8-9-16-12-6-4-3-5-7-12;/h3-7,13H,8-10H2,1-2H3;. The van der Waals surface area contributed by atoms with Gasteiger partial charge in [0.1, 0.15) is 11.5 Å². The second kappa shape index (κ2) is 8.82. The van der Waals surface area contributed by atoms with E-state index in [9.17, 15) is 4.79 Å². The zero-order valence-corrected chi connectivity index (χ0v) is 10.4. The highest BCUT2D eigenvalue weighted by Crippen LogP contribution is 2.10. The number of hydrogen-bond acceptors (Lipinski definition) is 3. The molecule has 1 aromatic carbocycles. The normalized spacial score (nSPS) is 11.4. The minimum atomic E-state index is -0.0405.